The van der Waals surface area contributed by atoms with Crippen molar-refractivity contribution in [2.45, 2.75) is 25.7 Å². The highest BCUT2D eigenvalue weighted by Gasteiger charge is 2.26. The van der Waals surface area contributed by atoms with Gasteiger partial charge in [-0.25, -0.2) is 4.98 Å². The Morgan fingerprint density at radius 3 is 2.50 bits per heavy atom. The van der Waals surface area contributed by atoms with Gasteiger partial charge in [0.25, 0.3) is 0 Å². The Hall–Kier alpha value is -3.22. The molecule has 0 aromatic carbocycles. The van der Waals surface area contributed by atoms with E-state index in [9.17, 15) is 4.79 Å². The molecule has 32 heavy (non-hydrogen) atoms. The summed E-state index contributed by atoms with van der Waals surface area (Å²) < 4.78 is 1.56. The first-order chi connectivity index (χ1) is 15.5. The summed E-state index contributed by atoms with van der Waals surface area (Å²) in [6, 6.07) is 7.88. The fraction of sp³-hybridized carbons (Fsp3) is 0.261. The Balaban J connectivity index is 1.59. The largest absolute Gasteiger partial charge is 0.383 e. The zero-order valence-corrected chi connectivity index (χ0v) is 18.9. The maximum atomic E-state index is 12.5. The topological polar surface area (TPSA) is 111 Å². The third-order valence-corrected chi connectivity index (χ3v) is 6.29. The molecule has 0 radical (unpaired) electrons. The highest BCUT2D eigenvalue weighted by Crippen LogP contribution is 2.33. The van der Waals surface area contributed by atoms with Gasteiger partial charge in [-0.2, -0.15) is 9.61 Å². The number of carbonyl (C=O) groups excluding carboxylic acids is 1. The summed E-state index contributed by atoms with van der Waals surface area (Å²) in [5.41, 5.74) is 12.7. The van der Waals surface area contributed by atoms with Crippen LogP contribution < -0.4 is 16.5 Å². The van der Waals surface area contributed by atoms with Crippen molar-refractivity contribution in [2.75, 3.05) is 18.8 Å². The normalized spacial score (nSPS) is 14.7. The SMILES string of the molecule is CC(=O)c1c(C2CCNCC2)nc2c(-c3ccc(-c4ccc(P)nc4)nc3)cnn2c1N. The lowest BCUT2D eigenvalue weighted by molar-refractivity contribution is 0.101. The smallest absolute Gasteiger partial charge is 0.165 e. The molecular formula is C23H24N7OP. The van der Waals surface area contributed by atoms with Crippen molar-refractivity contribution >= 4 is 31.9 Å². The van der Waals surface area contributed by atoms with E-state index >= 15 is 0 Å². The van der Waals surface area contributed by atoms with Crippen molar-refractivity contribution in [1.82, 2.24) is 29.9 Å². The second-order valence-electron chi connectivity index (χ2n) is 8.04. The monoisotopic (exact) mass is 445 g/mol. The number of nitrogens with zero attached hydrogens (tertiary/aromatic N) is 5. The van der Waals surface area contributed by atoms with Gasteiger partial charge >= 0.3 is 0 Å². The van der Waals surface area contributed by atoms with E-state index in [0.717, 1.165) is 59.4 Å². The highest BCUT2D eigenvalue weighted by atomic mass is 31.0. The predicted molar refractivity (Wildman–Crippen MR) is 128 cm³/mol. The average Bonchev–Trinajstić information content (AvgIpc) is 3.24. The van der Waals surface area contributed by atoms with Crippen LogP contribution in [0.4, 0.5) is 5.82 Å². The van der Waals surface area contributed by atoms with Crippen LogP contribution in [0.3, 0.4) is 0 Å². The van der Waals surface area contributed by atoms with Crippen LogP contribution in [0, 0.1) is 0 Å². The summed E-state index contributed by atoms with van der Waals surface area (Å²) in [6.45, 7) is 3.34. The number of hydrogen-bond donors (Lipinski definition) is 2. The molecule has 1 unspecified atom stereocenters. The quantitative estimate of drug-likeness (QED) is 0.367. The molecular weight excluding hydrogens is 421 g/mol. The number of nitrogen functional groups attached to an aromatic ring is 1. The van der Waals surface area contributed by atoms with Crippen LogP contribution >= 0.6 is 9.24 Å². The Morgan fingerprint density at radius 1 is 1.09 bits per heavy atom. The molecule has 4 aromatic heterocycles. The number of piperidine rings is 1. The lowest BCUT2D eigenvalue weighted by Crippen LogP contribution is -2.28. The van der Waals surface area contributed by atoms with Crippen LogP contribution in [-0.2, 0) is 0 Å². The van der Waals surface area contributed by atoms with Gasteiger partial charge in [0.05, 0.1) is 28.6 Å². The maximum Gasteiger partial charge on any atom is 0.165 e. The highest BCUT2D eigenvalue weighted by molar-refractivity contribution is 7.26. The van der Waals surface area contributed by atoms with Gasteiger partial charge in [0.15, 0.2) is 11.4 Å². The first-order valence-corrected chi connectivity index (χ1v) is 11.2. The summed E-state index contributed by atoms with van der Waals surface area (Å²) in [6.07, 6.45) is 7.19. The molecule has 8 nitrogen and oxygen atoms in total. The Kier molecular flexibility index (Phi) is 5.41. The van der Waals surface area contributed by atoms with Gasteiger partial charge in [0.1, 0.15) is 5.82 Å². The second-order valence-corrected chi connectivity index (χ2v) is 8.63. The zero-order valence-electron chi connectivity index (χ0n) is 17.7. The Labute approximate surface area is 187 Å². The number of anilines is 1. The van der Waals surface area contributed by atoms with Gasteiger partial charge in [0.2, 0.25) is 0 Å². The first-order valence-electron chi connectivity index (χ1n) is 10.6. The lowest BCUT2D eigenvalue weighted by atomic mass is 9.90. The molecule has 0 bridgehead atoms. The number of pyridine rings is 2. The molecule has 1 saturated heterocycles. The number of nitrogens with two attached hydrogens (primary N) is 1. The fourth-order valence-electron chi connectivity index (χ4n) is 4.27. The maximum absolute atomic E-state index is 12.5. The number of fused-ring (bicyclic) bond motifs is 1. The number of Topliss-reactive ketones (excluding diaryl/α,β-unsaturated/α-hetero) is 1. The second kappa shape index (κ2) is 8.37. The minimum Gasteiger partial charge on any atom is -0.383 e. The molecule has 0 aliphatic carbocycles. The third-order valence-electron chi connectivity index (χ3n) is 5.95. The summed E-state index contributed by atoms with van der Waals surface area (Å²) >= 11 is 0. The van der Waals surface area contributed by atoms with E-state index in [1.54, 1.807) is 16.9 Å². The van der Waals surface area contributed by atoms with E-state index in [1.165, 1.54) is 6.92 Å². The van der Waals surface area contributed by atoms with Gasteiger partial charge in [-0.05, 0) is 51.1 Å². The zero-order chi connectivity index (χ0) is 22.2. The van der Waals surface area contributed by atoms with Crippen LogP contribution in [0.15, 0.2) is 42.9 Å². The third kappa shape index (κ3) is 3.66. The summed E-state index contributed by atoms with van der Waals surface area (Å²) in [7, 11) is 2.58. The minimum absolute atomic E-state index is 0.0846. The van der Waals surface area contributed by atoms with Crippen LogP contribution in [0.2, 0.25) is 0 Å². The standard InChI is InChI=1S/C23H24N7OP/c1-13(31)20-21(14-6-8-25-9-7-14)29-23-17(12-28-30(23)22(20)24)15-2-4-18(26-10-15)16-3-5-19(32)27-11-16/h2-5,10-12,14,25H,6-9,24,32H2,1H3. The molecule has 1 atom stereocenters. The molecule has 0 saturated carbocycles. The van der Waals surface area contributed by atoms with Crippen LogP contribution in [0.25, 0.3) is 28.0 Å². The van der Waals surface area contributed by atoms with Crippen molar-refractivity contribution in [3.05, 3.63) is 54.1 Å². The number of nitrogens with one attached hydrogen (secondary N) is 1. The van der Waals surface area contributed by atoms with E-state index in [4.69, 9.17) is 10.7 Å². The Bertz CT molecular complexity index is 1290. The molecule has 4 aromatic rings. The van der Waals surface area contributed by atoms with Crippen molar-refractivity contribution in [3.8, 4) is 22.4 Å². The molecule has 3 N–H and O–H groups in total. The summed E-state index contributed by atoms with van der Waals surface area (Å²) in [4.78, 5) is 26.3. The van der Waals surface area contributed by atoms with Crippen molar-refractivity contribution in [3.63, 3.8) is 0 Å². The van der Waals surface area contributed by atoms with E-state index in [0.29, 0.717) is 17.0 Å². The number of carbonyl (C=O) groups is 1. The lowest BCUT2D eigenvalue weighted by Gasteiger charge is -2.24. The molecule has 1 aliphatic rings. The number of hydrogen-bond acceptors (Lipinski definition) is 7. The van der Waals surface area contributed by atoms with E-state index < -0.39 is 0 Å². The number of ketones is 1. The fourth-order valence-corrected chi connectivity index (χ4v) is 4.44. The summed E-state index contributed by atoms with van der Waals surface area (Å²) in [5.74, 6) is 0.451. The van der Waals surface area contributed by atoms with E-state index in [1.807, 2.05) is 30.5 Å². The predicted octanol–water partition coefficient (Wildman–Crippen LogP) is 2.61. The van der Waals surface area contributed by atoms with Gasteiger partial charge in [-0.1, -0.05) is 15.3 Å². The number of aromatic nitrogens is 5. The molecule has 162 valence electrons. The Morgan fingerprint density at radius 2 is 1.84 bits per heavy atom. The molecule has 0 amide bonds. The molecule has 5 heterocycles. The number of rotatable bonds is 4. The minimum atomic E-state index is -0.0846. The van der Waals surface area contributed by atoms with Gasteiger partial charge in [-0.3, -0.25) is 14.8 Å². The summed E-state index contributed by atoms with van der Waals surface area (Å²) in [5, 5.41) is 7.80. The molecule has 9 heteroatoms. The molecule has 1 fully saturated rings. The van der Waals surface area contributed by atoms with Crippen molar-refractivity contribution < 1.29 is 4.79 Å². The van der Waals surface area contributed by atoms with E-state index in [-0.39, 0.29) is 11.7 Å². The van der Waals surface area contributed by atoms with E-state index in [2.05, 4.69) is 29.6 Å². The van der Waals surface area contributed by atoms with Gasteiger partial charge in [-0.15, -0.1) is 0 Å². The first kappa shape index (κ1) is 20.7. The van der Waals surface area contributed by atoms with Crippen LogP contribution in [0.5, 0.6) is 0 Å². The van der Waals surface area contributed by atoms with Crippen molar-refractivity contribution in [2.24, 2.45) is 0 Å². The van der Waals surface area contributed by atoms with Gasteiger partial charge in [0, 0.05) is 35.0 Å². The van der Waals surface area contributed by atoms with Crippen LogP contribution in [-0.4, -0.2) is 43.4 Å². The van der Waals surface area contributed by atoms with Crippen molar-refractivity contribution in [1.29, 1.82) is 0 Å². The van der Waals surface area contributed by atoms with Gasteiger partial charge < -0.3 is 11.1 Å². The molecule has 0 spiro atoms. The molecule has 1 aliphatic heterocycles. The van der Waals surface area contributed by atoms with Crippen LogP contribution in [0.1, 0.15) is 41.7 Å². The average molecular weight is 445 g/mol. The molecule has 5 rings (SSSR count).